The maximum absolute atomic E-state index is 12.9. The highest BCUT2D eigenvalue weighted by atomic mass is 19.4. The summed E-state index contributed by atoms with van der Waals surface area (Å²) in [6, 6.07) is 11.1. The zero-order chi connectivity index (χ0) is 27.6. The van der Waals surface area contributed by atoms with Crippen molar-refractivity contribution in [2.45, 2.75) is 19.3 Å². The van der Waals surface area contributed by atoms with E-state index in [4.69, 9.17) is 4.98 Å². The number of rotatable bonds is 7. The molecule has 0 saturated carbocycles. The van der Waals surface area contributed by atoms with E-state index in [0.717, 1.165) is 37.4 Å². The Morgan fingerprint density at radius 3 is 2.49 bits per heavy atom. The summed E-state index contributed by atoms with van der Waals surface area (Å²) in [5.74, 6) is 0.891. The Morgan fingerprint density at radius 2 is 1.74 bits per heavy atom. The van der Waals surface area contributed by atoms with Crippen molar-refractivity contribution in [3.05, 3.63) is 59.2 Å². The van der Waals surface area contributed by atoms with Crippen molar-refractivity contribution in [3.8, 4) is 5.75 Å². The highest BCUT2D eigenvalue weighted by molar-refractivity contribution is 5.95. The summed E-state index contributed by atoms with van der Waals surface area (Å²) in [6.45, 7) is 4.03. The molecule has 0 bridgehead atoms. The number of fused-ring (bicyclic) bond motifs is 1. The minimum atomic E-state index is -4.82. The van der Waals surface area contributed by atoms with Gasteiger partial charge in [-0.15, -0.1) is 13.2 Å². The van der Waals surface area contributed by atoms with Gasteiger partial charge in [0, 0.05) is 63.1 Å². The van der Waals surface area contributed by atoms with Crippen LogP contribution in [0.3, 0.4) is 0 Å². The number of ether oxygens (including phenoxy) is 1. The molecular weight excluding hydrogens is 513 g/mol. The quantitative estimate of drug-likeness (QED) is 0.467. The molecule has 39 heavy (non-hydrogen) atoms. The minimum absolute atomic E-state index is 0.110. The second-order valence-corrected chi connectivity index (χ2v) is 9.38. The fourth-order valence-corrected chi connectivity index (χ4v) is 4.64. The van der Waals surface area contributed by atoms with Gasteiger partial charge in [-0.2, -0.15) is 15.0 Å². The first-order chi connectivity index (χ1) is 18.7. The van der Waals surface area contributed by atoms with Gasteiger partial charge < -0.3 is 30.1 Å². The molecule has 5 rings (SSSR count). The number of piperazine rings is 1. The Bertz CT molecular complexity index is 1350. The summed E-state index contributed by atoms with van der Waals surface area (Å²) < 4.78 is 42.2. The second-order valence-electron chi connectivity index (χ2n) is 9.38. The molecule has 1 fully saturated rings. The smallest absolute Gasteiger partial charge is 0.405 e. The number of hydrogen-bond acceptors (Lipinski definition) is 9. The van der Waals surface area contributed by atoms with Gasteiger partial charge in [-0.25, -0.2) is 0 Å². The average Bonchev–Trinajstić information content (AvgIpc) is 3.35. The lowest BCUT2D eigenvalue weighted by molar-refractivity contribution is -0.274. The summed E-state index contributed by atoms with van der Waals surface area (Å²) in [5, 5.41) is 5.71. The molecule has 0 spiro atoms. The number of nitrogens with one attached hydrogen (secondary N) is 2. The normalized spacial score (nSPS) is 15.7. The summed E-state index contributed by atoms with van der Waals surface area (Å²) in [4.78, 5) is 33.2. The Balaban J connectivity index is 1.31. The summed E-state index contributed by atoms with van der Waals surface area (Å²) >= 11 is 0. The van der Waals surface area contributed by atoms with Crippen molar-refractivity contribution in [1.82, 2.24) is 25.2 Å². The molecule has 1 saturated heterocycles. The van der Waals surface area contributed by atoms with Gasteiger partial charge in [-0.1, -0.05) is 18.2 Å². The monoisotopic (exact) mass is 542 g/mol. The Hall–Kier alpha value is -4.13. The van der Waals surface area contributed by atoms with Crippen LogP contribution in [-0.4, -0.2) is 78.9 Å². The molecule has 1 aromatic heterocycles. The third-order valence-electron chi connectivity index (χ3n) is 6.74. The van der Waals surface area contributed by atoms with Crippen molar-refractivity contribution in [2.24, 2.45) is 0 Å². The number of nitrogens with zero attached hydrogens (tertiary/aromatic N) is 6. The SMILES string of the molecule is CNc1nc(N2CCN(C)CC2)nc(N2CCc3cc(C(=O)NCc4ccccc4OC(F)(F)F)ccc32)n1. The zero-order valence-electron chi connectivity index (χ0n) is 21.6. The fourth-order valence-electron chi connectivity index (χ4n) is 4.64. The zero-order valence-corrected chi connectivity index (χ0v) is 21.6. The molecule has 2 aliphatic heterocycles. The van der Waals surface area contributed by atoms with Gasteiger partial charge in [0.25, 0.3) is 5.91 Å². The molecule has 2 aromatic carbocycles. The van der Waals surface area contributed by atoms with Crippen LogP contribution < -0.4 is 25.2 Å². The molecular formula is C26H29F3N8O2. The van der Waals surface area contributed by atoms with E-state index in [-0.39, 0.29) is 17.9 Å². The van der Waals surface area contributed by atoms with E-state index in [1.165, 1.54) is 18.2 Å². The number of amides is 1. The van der Waals surface area contributed by atoms with Crippen molar-refractivity contribution < 1.29 is 22.7 Å². The molecule has 0 atom stereocenters. The van der Waals surface area contributed by atoms with Crippen LogP contribution in [0.25, 0.3) is 0 Å². The maximum Gasteiger partial charge on any atom is 0.573 e. The summed E-state index contributed by atoms with van der Waals surface area (Å²) in [5.41, 5.74) is 2.49. The number of alkyl halides is 3. The topological polar surface area (TPSA) is 98.8 Å². The molecule has 3 heterocycles. The molecule has 10 nitrogen and oxygen atoms in total. The summed E-state index contributed by atoms with van der Waals surface area (Å²) in [6.07, 6.45) is -4.13. The third-order valence-corrected chi connectivity index (χ3v) is 6.74. The standard InChI is InChI=1S/C26H29F3N8O2/c1-30-23-32-24(36-13-11-35(2)12-14-36)34-25(33-23)37-10-9-17-15-18(7-8-20(17)37)22(38)31-16-19-5-3-4-6-21(19)39-26(27,28)29/h3-8,15H,9-14,16H2,1-2H3,(H,31,38)(H,30,32,33,34). The first kappa shape index (κ1) is 26.5. The van der Waals surface area contributed by atoms with Crippen molar-refractivity contribution >= 4 is 29.4 Å². The van der Waals surface area contributed by atoms with Crippen molar-refractivity contribution in [1.29, 1.82) is 0 Å². The minimum Gasteiger partial charge on any atom is -0.405 e. The number of anilines is 4. The average molecular weight is 543 g/mol. The van der Waals surface area contributed by atoms with Crippen LogP contribution in [0.15, 0.2) is 42.5 Å². The van der Waals surface area contributed by atoms with Crippen molar-refractivity contribution in [3.63, 3.8) is 0 Å². The number of likely N-dealkylation sites (N-methyl/N-ethyl adjacent to an activating group) is 1. The molecule has 13 heteroatoms. The van der Waals surface area contributed by atoms with Crippen LogP contribution >= 0.6 is 0 Å². The predicted molar refractivity (Wildman–Crippen MR) is 141 cm³/mol. The van der Waals surface area contributed by atoms with Gasteiger partial charge in [0.1, 0.15) is 5.75 Å². The van der Waals surface area contributed by atoms with Gasteiger partial charge in [0.15, 0.2) is 0 Å². The molecule has 2 aliphatic rings. The second kappa shape index (κ2) is 10.9. The number of hydrogen-bond donors (Lipinski definition) is 2. The van der Waals surface area contributed by atoms with Crippen LogP contribution in [0.4, 0.5) is 36.7 Å². The van der Waals surface area contributed by atoms with E-state index < -0.39 is 12.3 Å². The number of carbonyl (C=O) groups excluding carboxylic acids is 1. The Kier molecular flexibility index (Phi) is 7.42. The lowest BCUT2D eigenvalue weighted by Crippen LogP contribution is -2.45. The predicted octanol–water partition coefficient (Wildman–Crippen LogP) is 3.19. The number of carbonyl (C=O) groups is 1. The molecule has 0 radical (unpaired) electrons. The Labute approximate surface area is 223 Å². The molecule has 3 aromatic rings. The summed E-state index contributed by atoms with van der Waals surface area (Å²) in [7, 11) is 3.86. The van der Waals surface area contributed by atoms with Crippen LogP contribution in [0.1, 0.15) is 21.5 Å². The molecule has 1 amide bonds. The van der Waals surface area contributed by atoms with Gasteiger partial charge in [0.2, 0.25) is 17.8 Å². The van der Waals surface area contributed by atoms with E-state index >= 15 is 0 Å². The molecule has 2 N–H and O–H groups in total. The first-order valence-corrected chi connectivity index (χ1v) is 12.6. The fraction of sp³-hybridized carbons (Fsp3) is 0.385. The van der Waals surface area contributed by atoms with Gasteiger partial charge in [-0.3, -0.25) is 4.79 Å². The van der Waals surface area contributed by atoms with E-state index in [9.17, 15) is 18.0 Å². The van der Waals surface area contributed by atoms with Crippen molar-refractivity contribution in [2.75, 3.05) is 61.9 Å². The van der Waals surface area contributed by atoms with E-state index in [1.54, 1.807) is 25.2 Å². The molecule has 206 valence electrons. The highest BCUT2D eigenvalue weighted by Crippen LogP contribution is 2.34. The van der Waals surface area contributed by atoms with E-state index in [2.05, 4.69) is 42.2 Å². The van der Waals surface area contributed by atoms with Crippen LogP contribution in [0, 0.1) is 0 Å². The largest absolute Gasteiger partial charge is 0.573 e. The lowest BCUT2D eigenvalue weighted by Gasteiger charge is -2.32. The molecule has 0 aliphatic carbocycles. The molecule has 0 unspecified atom stereocenters. The first-order valence-electron chi connectivity index (χ1n) is 12.6. The van der Waals surface area contributed by atoms with Crippen LogP contribution in [-0.2, 0) is 13.0 Å². The Morgan fingerprint density at radius 1 is 1.00 bits per heavy atom. The van der Waals surface area contributed by atoms with Gasteiger partial charge in [-0.05, 0) is 43.3 Å². The lowest BCUT2D eigenvalue weighted by atomic mass is 10.1. The third kappa shape index (κ3) is 6.14. The maximum atomic E-state index is 12.9. The van der Waals surface area contributed by atoms with E-state index in [1.807, 2.05) is 11.0 Å². The van der Waals surface area contributed by atoms with Gasteiger partial charge in [0.05, 0.1) is 0 Å². The van der Waals surface area contributed by atoms with Gasteiger partial charge >= 0.3 is 6.36 Å². The highest BCUT2D eigenvalue weighted by Gasteiger charge is 2.32. The number of para-hydroxylation sites is 1. The van der Waals surface area contributed by atoms with Crippen LogP contribution in [0.2, 0.25) is 0 Å². The van der Waals surface area contributed by atoms with Crippen LogP contribution in [0.5, 0.6) is 5.75 Å². The number of aromatic nitrogens is 3. The number of halogens is 3. The van der Waals surface area contributed by atoms with E-state index in [0.29, 0.717) is 36.4 Å². The number of benzene rings is 2.